The van der Waals surface area contributed by atoms with Crippen molar-refractivity contribution in [2.45, 2.75) is 311 Å². The van der Waals surface area contributed by atoms with Gasteiger partial charge in [-0.3, -0.25) is 0 Å². The zero-order chi connectivity index (χ0) is 71.8. The molecule has 0 aliphatic heterocycles. The standard InChI is InChI=1S/C87H130N2O12/c1-7-13-19-25-28-31-34-37-40-46-66-93-79-63-61-77(81(95-67-47-41-38-35-32-29-26-20-14-8-2)83(79)97-70-48-42-39-36-33-30-27-21-15-9-3)87(92)101-74-55-51-72(52-56-74)86(91)100-76-59-57-75(58-60-76)99-85(90)71-49-53-73(54-50-71)88-89-78-62-64-80(94-65-43-22-16-10-4)84(98-69-45-24-18-12-6)82(78)96-68-44-23-17-11-5/h49-64H,7-48,65-70H2,1-6H3. The van der Waals surface area contributed by atoms with Crippen LogP contribution in [0.4, 0.5) is 11.4 Å². The average Bonchev–Trinajstić information content (AvgIpc) is 0.814. The molecule has 0 N–H and O–H groups in total. The Labute approximate surface area is 609 Å². The quantitative estimate of drug-likeness (QED) is 0.0157. The highest BCUT2D eigenvalue weighted by Crippen LogP contribution is 2.46. The minimum Gasteiger partial charge on any atom is -0.490 e. The maximum Gasteiger partial charge on any atom is 0.347 e. The lowest BCUT2D eigenvalue weighted by molar-refractivity contribution is 0.0717. The normalized spacial score (nSPS) is 11.3. The van der Waals surface area contributed by atoms with Crippen molar-refractivity contribution in [1.82, 2.24) is 0 Å². The van der Waals surface area contributed by atoms with Crippen LogP contribution < -0.4 is 42.6 Å². The first-order valence-electron chi connectivity index (χ1n) is 40.2. The van der Waals surface area contributed by atoms with E-state index in [-0.39, 0.29) is 28.4 Å². The molecule has 5 aromatic rings. The van der Waals surface area contributed by atoms with Gasteiger partial charge in [0.1, 0.15) is 28.5 Å². The molecule has 0 aliphatic carbocycles. The van der Waals surface area contributed by atoms with E-state index in [1.807, 2.05) is 18.2 Å². The smallest absolute Gasteiger partial charge is 0.347 e. The molecule has 0 fully saturated rings. The van der Waals surface area contributed by atoms with Crippen LogP contribution in [0.2, 0.25) is 0 Å². The van der Waals surface area contributed by atoms with Crippen molar-refractivity contribution < 1.29 is 57.0 Å². The largest absolute Gasteiger partial charge is 0.490 e. The van der Waals surface area contributed by atoms with E-state index in [9.17, 15) is 14.4 Å². The number of carbonyl (C=O) groups is 3. The van der Waals surface area contributed by atoms with Crippen molar-refractivity contribution in [3.63, 3.8) is 0 Å². The summed E-state index contributed by atoms with van der Waals surface area (Å²) in [4.78, 5) is 41.2. The van der Waals surface area contributed by atoms with Gasteiger partial charge in [0.2, 0.25) is 11.5 Å². The second kappa shape index (κ2) is 55.5. The number of nitrogens with zero attached hydrogens (tertiary/aromatic N) is 2. The van der Waals surface area contributed by atoms with Gasteiger partial charge in [-0.2, -0.15) is 5.11 Å². The zero-order valence-electron chi connectivity index (χ0n) is 63.5. The number of benzene rings is 5. The van der Waals surface area contributed by atoms with Gasteiger partial charge in [0, 0.05) is 0 Å². The van der Waals surface area contributed by atoms with E-state index >= 15 is 0 Å². The first-order valence-corrected chi connectivity index (χ1v) is 40.2. The Kier molecular flexibility index (Phi) is 46.5. The molecule has 0 saturated carbocycles. The molecule has 14 heteroatoms. The van der Waals surface area contributed by atoms with E-state index in [1.165, 1.54) is 148 Å². The molecule has 0 bridgehead atoms. The highest BCUT2D eigenvalue weighted by Gasteiger charge is 2.25. The summed E-state index contributed by atoms with van der Waals surface area (Å²) < 4.78 is 56.4. The number of azo groups is 1. The van der Waals surface area contributed by atoms with Crippen LogP contribution in [-0.4, -0.2) is 57.5 Å². The van der Waals surface area contributed by atoms with E-state index in [2.05, 4.69) is 51.8 Å². The Morgan fingerprint density at radius 1 is 0.248 bits per heavy atom. The van der Waals surface area contributed by atoms with E-state index in [4.69, 9.17) is 42.6 Å². The molecular formula is C87H130N2O12. The minimum absolute atomic E-state index is 0.241. The molecule has 560 valence electrons. The van der Waals surface area contributed by atoms with Gasteiger partial charge in [-0.25, -0.2) is 14.4 Å². The number of rotatable bonds is 62. The maximum atomic E-state index is 14.3. The summed E-state index contributed by atoms with van der Waals surface area (Å²) in [5.74, 6) is 2.01. The number of esters is 3. The third-order valence-corrected chi connectivity index (χ3v) is 18.3. The fraction of sp³-hybridized carbons (Fsp3) is 0.621. The van der Waals surface area contributed by atoms with Crippen LogP contribution in [0.1, 0.15) is 342 Å². The van der Waals surface area contributed by atoms with Gasteiger partial charge in [-0.1, -0.05) is 273 Å². The average molecular weight is 1400 g/mol. The Morgan fingerprint density at radius 3 is 0.881 bits per heavy atom. The lowest BCUT2D eigenvalue weighted by Gasteiger charge is -2.20. The van der Waals surface area contributed by atoms with Gasteiger partial charge in [-0.05, 0) is 136 Å². The minimum atomic E-state index is -0.623. The summed E-state index contributed by atoms with van der Waals surface area (Å²) in [5, 5.41) is 9.19. The van der Waals surface area contributed by atoms with Crippen molar-refractivity contribution >= 4 is 29.3 Å². The predicted molar refractivity (Wildman–Crippen MR) is 412 cm³/mol. The first-order chi connectivity index (χ1) is 49.7. The number of carbonyl (C=O) groups excluding carboxylic acids is 3. The third kappa shape index (κ3) is 36.1. The summed E-state index contributed by atoms with van der Waals surface area (Å²) in [6.45, 7) is 16.4. The number of hydrogen-bond acceptors (Lipinski definition) is 14. The van der Waals surface area contributed by atoms with E-state index in [0.29, 0.717) is 91.1 Å². The van der Waals surface area contributed by atoms with Crippen LogP contribution in [0.5, 0.6) is 51.7 Å². The zero-order valence-corrected chi connectivity index (χ0v) is 63.5. The topological polar surface area (TPSA) is 159 Å². The molecule has 5 rings (SSSR count). The van der Waals surface area contributed by atoms with Crippen LogP contribution in [0.15, 0.2) is 107 Å². The molecule has 0 amide bonds. The second-order valence-electron chi connectivity index (χ2n) is 27.2. The van der Waals surface area contributed by atoms with Crippen molar-refractivity contribution in [2.75, 3.05) is 39.6 Å². The predicted octanol–water partition coefficient (Wildman–Crippen LogP) is 26.5. The Balaban J connectivity index is 1.22. The van der Waals surface area contributed by atoms with Crippen molar-refractivity contribution in [3.05, 3.63) is 114 Å². The third-order valence-electron chi connectivity index (χ3n) is 18.3. The number of hydrogen-bond donors (Lipinski definition) is 0. The van der Waals surface area contributed by atoms with Crippen LogP contribution in [0.3, 0.4) is 0 Å². The van der Waals surface area contributed by atoms with Crippen LogP contribution in [0.25, 0.3) is 0 Å². The molecule has 101 heavy (non-hydrogen) atoms. The van der Waals surface area contributed by atoms with Gasteiger partial charge in [0.25, 0.3) is 0 Å². The Morgan fingerprint density at radius 2 is 0.515 bits per heavy atom. The number of unbranched alkanes of at least 4 members (excludes halogenated alkanes) is 36. The molecule has 0 saturated heterocycles. The molecule has 0 aromatic heterocycles. The fourth-order valence-corrected chi connectivity index (χ4v) is 12.0. The summed E-state index contributed by atoms with van der Waals surface area (Å²) in [5.41, 5.74) is 1.85. The summed E-state index contributed by atoms with van der Waals surface area (Å²) in [6, 6.07) is 26.4. The fourth-order valence-electron chi connectivity index (χ4n) is 12.0. The summed E-state index contributed by atoms with van der Waals surface area (Å²) in [6.07, 6.45) is 49.3. The second-order valence-corrected chi connectivity index (χ2v) is 27.2. The Bertz CT molecular complexity index is 2980. The summed E-state index contributed by atoms with van der Waals surface area (Å²) >= 11 is 0. The Hall–Kier alpha value is -7.09. The van der Waals surface area contributed by atoms with Gasteiger partial charge < -0.3 is 42.6 Å². The van der Waals surface area contributed by atoms with Gasteiger partial charge >= 0.3 is 17.9 Å². The first kappa shape index (κ1) is 84.6. The molecule has 0 spiro atoms. The number of ether oxygens (including phenoxy) is 9. The molecule has 0 heterocycles. The van der Waals surface area contributed by atoms with E-state index in [0.717, 1.165) is 122 Å². The lowest BCUT2D eigenvalue weighted by atomic mass is 10.1. The molecule has 0 unspecified atom stereocenters. The molecule has 14 nitrogen and oxygen atoms in total. The molecule has 5 aromatic carbocycles. The molecule has 0 aliphatic rings. The van der Waals surface area contributed by atoms with Gasteiger partial charge in [-0.15, -0.1) is 5.11 Å². The van der Waals surface area contributed by atoms with Crippen molar-refractivity contribution in [2.24, 2.45) is 10.2 Å². The van der Waals surface area contributed by atoms with Crippen LogP contribution in [0, 0.1) is 0 Å². The molecule has 0 radical (unpaired) electrons. The van der Waals surface area contributed by atoms with Crippen LogP contribution in [-0.2, 0) is 0 Å². The van der Waals surface area contributed by atoms with E-state index in [1.54, 1.807) is 78.9 Å². The lowest BCUT2D eigenvalue weighted by Crippen LogP contribution is -2.14. The monoisotopic (exact) mass is 1390 g/mol. The maximum absolute atomic E-state index is 14.3. The van der Waals surface area contributed by atoms with Gasteiger partial charge in [0.15, 0.2) is 23.0 Å². The SMILES string of the molecule is CCCCCCCCCCCCOc1ccc(C(=O)Oc2ccc(C(=O)Oc3ccc(OC(=O)c4ccc(N=Nc5ccc(OCCCCCC)c(OCCCCCC)c5OCCCCCC)cc4)cc3)cc2)c(OCCCCCCCCCCCC)c1OCCCCCCCCCCCC. The molecular weight excluding hydrogens is 1260 g/mol. The highest BCUT2D eigenvalue weighted by molar-refractivity contribution is 5.96. The van der Waals surface area contributed by atoms with Crippen molar-refractivity contribution in [3.8, 4) is 51.7 Å². The summed E-state index contributed by atoms with van der Waals surface area (Å²) in [7, 11) is 0. The van der Waals surface area contributed by atoms with Gasteiger partial charge in [0.05, 0.1) is 56.5 Å². The molecule has 0 atom stereocenters. The van der Waals surface area contributed by atoms with Crippen molar-refractivity contribution in [1.29, 1.82) is 0 Å². The van der Waals surface area contributed by atoms with E-state index < -0.39 is 17.9 Å². The van der Waals surface area contributed by atoms with Crippen LogP contribution >= 0.6 is 0 Å². The highest BCUT2D eigenvalue weighted by atomic mass is 16.6.